The highest BCUT2D eigenvalue weighted by molar-refractivity contribution is 7.89. The van der Waals surface area contributed by atoms with Crippen LogP contribution in [-0.2, 0) is 14.8 Å². The molecule has 1 unspecified atom stereocenters. The zero-order valence-electron chi connectivity index (χ0n) is 17.7. The van der Waals surface area contributed by atoms with Gasteiger partial charge in [-0.2, -0.15) is 4.31 Å². The lowest BCUT2D eigenvalue weighted by Gasteiger charge is -2.31. The maximum atomic E-state index is 13.6. The van der Waals surface area contributed by atoms with Gasteiger partial charge in [0.1, 0.15) is 24.2 Å². The second kappa shape index (κ2) is 10.1. The molecule has 0 fully saturated rings. The fourth-order valence-electron chi connectivity index (χ4n) is 3.49. The van der Waals surface area contributed by atoms with Crippen molar-refractivity contribution in [3.8, 4) is 5.75 Å². The van der Waals surface area contributed by atoms with Gasteiger partial charge in [0.05, 0.1) is 4.90 Å². The van der Waals surface area contributed by atoms with Gasteiger partial charge in [0.15, 0.2) is 0 Å². The third kappa shape index (κ3) is 5.24. The molecule has 0 aliphatic heterocycles. The number of hydrogen-bond donors (Lipinski definition) is 2. The van der Waals surface area contributed by atoms with Crippen LogP contribution in [0.1, 0.15) is 13.8 Å². The topological polar surface area (TPSA) is 95.9 Å². The molecule has 170 valence electrons. The molecular weight excluding hydrogens is 435 g/mol. The summed E-state index contributed by atoms with van der Waals surface area (Å²) in [6, 6.07) is 16.2. The van der Waals surface area contributed by atoms with Crippen molar-refractivity contribution < 1.29 is 27.5 Å². The molecule has 32 heavy (non-hydrogen) atoms. The first-order valence-electron chi connectivity index (χ1n) is 10.1. The summed E-state index contributed by atoms with van der Waals surface area (Å²) in [6.07, 6.45) is 0. The fraction of sp³-hybridized carbons (Fsp3) is 0.261. The van der Waals surface area contributed by atoms with Gasteiger partial charge in [-0.15, -0.1) is 0 Å². The number of carbonyl (C=O) groups is 1. The highest BCUT2D eigenvalue weighted by atomic mass is 32.2. The van der Waals surface area contributed by atoms with Crippen LogP contribution in [0, 0.1) is 11.7 Å². The molecule has 7 nitrogen and oxygen atoms in total. The predicted molar refractivity (Wildman–Crippen MR) is 118 cm³/mol. The fourth-order valence-corrected chi connectivity index (χ4v) is 5.23. The Morgan fingerprint density at radius 2 is 1.72 bits per heavy atom. The molecule has 0 saturated heterocycles. The number of carbonyl (C=O) groups excluding carboxylic acids is 1. The lowest BCUT2D eigenvalue weighted by atomic mass is 10.0. The summed E-state index contributed by atoms with van der Waals surface area (Å²) in [5, 5.41) is 10.8. The van der Waals surface area contributed by atoms with Crippen LogP contribution in [0.25, 0.3) is 10.8 Å². The minimum atomic E-state index is -4.13. The minimum absolute atomic E-state index is 0.0226. The van der Waals surface area contributed by atoms with Crippen LogP contribution < -0.4 is 10.2 Å². The third-order valence-corrected chi connectivity index (χ3v) is 6.92. The second-order valence-electron chi connectivity index (χ2n) is 7.59. The Kier molecular flexibility index (Phi) is 7.44. The van der Waals surface area contributed by atoms with E-state index in [1.807, 2.05) is 18.2 Å². The molecule has 0 saturated carbocycles. The minimum Gasteiger partial charge on any atom is -0.492 e. The van der Waals surface area contributed by atoms with Crippen molar-refractivity contribution in [1.82, 2.24) is 9.79 Å². The normalized spacial score (nSPS) is 12.8. The zero-order valence-corrected chi connectivity index (χ0v) is 18.5. The zero-order chi connectivity index (χ0) is 23.3. The van der Waals surface area contributed by atoms with Crippen LogP contribution >= 0.6 is 0 Å². The number of halogens is 1. The monoisotopic (exact) mass is 460 g/mol. The number of rotatable bonds is 9. The Hall–Kier alpha value is -3.01. The van der Waals surface area contributed by atoms with Crippen LogP contribution in [0.2, 0.25) is 0 Å². The van der Waals surface area contributed by atoms with Gasteiger partial charge in [-0.1, -0.05) is 44.2 Å². The average Bonchev–Trinajstić information content (AvgIpc) is 2.78. The third-order valence-electron chi connectivity index (χ3n) is 5.04. The van der Waals surface area contributed by atoms with Crippen LogP contribution in [0.5, 0.6) is 5.75 Å². The first kappa shape index (κ1) is 23.6. The van der Waals surface area contributed by atoms with Crippen molar-refractivity contribution >= 4 is 26.7 Å². The van der Waals surface area contributed by atoms with E-state index < -0.39 is 33.7 Å². The molecule has 0 heterocycles. The lowest BCUT2D eigenvalue weighted by Crippen LogP contribution is -2.52. The van der Waals surface area contributed by atoms with E-state index in [9.17, 15) is 22.8 Å². The van der Waals surface area contributed by atoms with Gasteiger partial charge >= 0.3 is 0 Å². The van der Waals surface area contributed by atoms with Crippen molar-refractivity contribution in [2.75, 3.05) is 13.2 Å². The van der Waals surface area contributed by atoms with E-state index in [2.05, 4.69) is 0 Å². The summed E-state index contributed by atoms with van der Waals surface area (Å²) in [6.45, 7) is 3.12. The summed E-state index contributed by atoms with van der Waals surface area (Å²) < 4.78 is 46.9. The van der Waals surface area contributed by atoms with Crippen molar-refractivity contribution in [1.29, 1.82) is 0 Å². The molecular formula is C23H25FN2O5S. The number of hydrogen-bond acceptors (Lipinski definition) is 5. The molecule has 0 bridgehead atoms. The molecule has 3 aromatic carbocycles. The number of sulfonamides is 1. The van der Waals surface area contributed by atoms with Gasteiger partial charge in [-0.05, 0) is 53.1 Å². The van der Waals surface area contributed by atoms with Crippen LogP contribution in [0.4, 0.5) is 4.39 Å². The van der Waals surface area contributed by atoms with Crippen molar-refractivity contribution in [2.45, 2.75) is 24.8 Å². The van der Waals surface area contributed by atoms with Crippen LogP contribution in [0.15, 0.2) is 71.6 Å². The number of ether oxygens (including phenoxy) is 1. The van der Waals surface area contributed by atoms with E-state index in [1.54, 1.807) is 37.5 Å². The van der Waals surface area contributed by atoms with Gasteiger partial charge in [-0.25, -0.2) is 18.3 Å². The number of hydroxylamine groups is 1. The maximum absolute atomic E-state index is 13.6. The van der Waals surface area contributed by atoms with Crippen molar-refractivity contribution in [2.24, 2.45) is 5.92 Å². The maximum Gasteiger partial charge on any atom is 0.262 e. The number of nitrogens with one attached hydrogen (secondary N) is 1. The second-order valence-corrected chi connectivity index (χ2v) is 9.48. The molecule has 0 radical (unpaired) electrons. The van der Waals surface area contributed by atoms with E-state index in [0.717, 1.165) is 15.1 Å². The number of nitrogens with zero attached hydrogens (tertiary/aromatic N) is 1. The first-order chi connectivity index (χ1) is 15.2. The van der Waals surface area contributed by atoms with Gasteiger partial charge in [0, 0.05) is 6.54 Å². The molecule has 0 spiro atoms. The smallest absolute Gasteiger partial charge is 0.262 e. The molecule has 1 amide bonds. The highest BCUT2D eigenvalue weighted by Crippen LogP contribution is 2.26. The van der Waals surface area contributed by atoms with E-state index in [4.69, 9.17) is 4.74 Å². The highest BCUT2D eigenvalue weighted by Gasteiger charge is 2.38. The molecule has 1 atom stereocenters. The summed E-state index contributed by atoms with van der Waals surface area (Å²) in [5.74, 6) is -1.34. The molecule has 2 N–H and O–H groups in total. The number of amides is 1. The van der Waals surface area contributed by atoms with Crippen LogP contribution in [-0.4, -0.2) is 43.0 Å². The van der Waals surface area contributed by atoms with Gasteiger partial charge in [0.2, 0.25) is 10.0 Å². The quantitative estimate of drug-likeness (QED) is 0.376. The Balaban J connectivity index is 1.94. The van der Waals surface area contributed by atoms with E-state index >= 15 is 0 Å². The van der Waals surface area contributed by atoms with Crippen molar-refractivity contribution in [3.63, 3.8) is 0 Å². The number of benzene rings is 3. The van der Waals surface area contributed by atoms with Crippen molar-refractivity contribution in [3.05, 3.63) is 72.5 Å². The van der Waals surface area contributed by atoms with E-state index in [1.165, 1.54) is 30.3 Å². The first-order valence-corrected chi connectivity index (χ1v) is 11.5. The summed E-state index contributed by atoms with van der Waals surface area (Å²) in [7, 11) is -4.13. The summed E-state index contributed by atoms with van der Waals surface area (Å²) in [5.41, 5.74) is 1.57. The molecule has 0 aliphatic rings. The lowest BCUT2D eigenvalue weighted by molar-refractivity contribution is -0.134. The summed E-state index contributed by atoms with van der Waals surface area (Å²) in [4.78, 5) is 12.4. The number of fused-ring (bicyclic) bond motifs is 1. The Bertz CT molecular complexity index is 1180. The average molecular weight is 461 g/mol. The molecule has 3 rings (SSSR count). The molecule has 3 aromatic rings. The Morgan fingerprint density at radius 3 is 2.34 bits per heavy atom. The van der Waals surface area contributed by atoms with Gasteiger partial charge in [-0.3, -0.25) is 10.0 Å². The molecule has 9 heteroatoms. The Morgan fingerprint density at radius 1 is 1.06 bits per heavy atom. The molecule has 0 aromatic heterocycles. The van der Waals surface area contributed by atoms with Gasteiger partial charge < -0.3 is 4.74 Å². The van der Waals surface area contributed by atoms with E-state index in [0.29, 0.717) is 5.75 Å². The van der Waals surface area contributed by atoms with E-state index in [-0.39, 0.29) is 18.0 Å². The Labute approximate surface area is 186 Å². The molecule has 0 aliphatic carbocycles. The predicted octanol–water partition coefficient (Wildman–Crippen LogP) is 3.58. The SMILES string of the molecule is CC(C)C(C(=O)NO)N(CCOc1ccc(F)cc1)S(=O)(=O)c1ccc2ccccc2c1. The van der Waals surface area contributed by atoms with Crippen LogP contribution in [0.3, 0.4) is 0 Å². The van der Waals surface area contributed by atoms with Gasteiger partial charge in [0.25, 0.3) is 5.91 Å². The summed E-state index contributed by atoms with van der Waals surface area (Å²) >= 11 is 0. The standard InChI is InChI=1S/C23H25FN2O5S/c1-16(2)22(23(27)25-28)26(13-14-31-20-10-8-19(24)9-11-20)32(29,30)21-12-7-17-5-3-4-6-18(17)15-21/h3-12,15-16,22,28H,13-14H2,1-2H3,(H,25,27). The largest absolute Gasteiger partial charge is 0.492 e.